The molecule has 0 unspecified atom stereocenters. The zero-order chi connectivity index (χ0) is 13.5. The van der Waals surface area contributed by atoms with E-state index in [1.807, 2.05) is 37.4 Å². The molecule has 0 spiro atoms. The lowest BCUT2D eigenvalue weighted by Crippen LogP contribution is -2.08. The molecule has 6 heteroatoms. The van der Waals surface area contributed by atoms with Crippen LogP contribution in [-0.2, 0) is 13.1 Å². The van der Waals surface area contributed by atoms with Crippen LogP contribution in [0.5, 0.6) is 11.5 Å². The first-order valence-corrected chi connectivity index (χ1v) is 6.26. The molecule has 0 aliphatic carbocycles. The summed E-state index contributed by atoms with van der Waals surface area (Å²) in [5, 5.41) is 7.86. The molecule has 0 atom stereocenters. The van der Waals surface area contributed by atoms with E-state index in [0.29, 0.717) is 26.3 Å². The normalized spacial score (nSPS) is 10.4. The molecule has 0 radical (unpaired) electrons. The van der Waals surface area contributed by atoms with Crippen molar-refractivity contribution in [3.05, 3.63) is 36.2 Å². The fourth-order valence-electron chi connectivity index (χ4n) is 1.62. The molecule has 102 valence electrons. The second-order valence-electron chi connectivity index (χ2n) is 3.93. The maximum Gasteiger partial charge on any atom is 0.123 e. The standard InChI is InChI=1S/C13H18N4O2/c1-2-18-12-4-3-5-13(8-12)19-7-6-17-10-11(9-14)15-16-17/h3-5,8,10H,2,6-7,9,14H2,1H3. The van der Waals surface area contributed by atoms with Gasteiger partial charge in [0.1, 0.15) is 18.1 Å². The van der Waals surface area contributed by atoms with E-state index in [1.165, 1.54) is 0 Å². The Labute approximate surface area is 112 Å². The van der Waals surface area contributed by atoms with Crippen molar-refractivity contribution in [1.29, 1.82) is 0 Å². The van der Waals surface area contributed by atoms with Crippen molar-refractivity contribution in [2.75, 3.05) is 13.2 Å². The molecule has 1 heterocycles. The molecular formula is C13H18N4O2. The van der Waals surface area contributed by atoms with E-state index in [1.54, 1.807) is 4.68 Å². The summed E-state index contributed by atoms with van der Waals surface area (Å²) >= 11 is 0. The van der Waals surface area contributed by atoms with Crippen LogP contribution in [0.2, 0.25) is 0 Å². The summed E-state index contributed by atoms with van der Waals surface area (Å²) in [4.78, 5) is 0. The van der Waals surface area contributed by atoms with Crippen molar-refractivity contribution in [2.45, 2.75) is 20.0 Å². The molecule has 0 fully saturated rings. The van der Waals surface area contributed by atoms with Gasteiger partial charge in [-0.05, 0) is 19.1 Å². The van der Waals surface area contributed by atoms with Crippen molar-refractivity contribution in [1.82, 2.24) is 15.0 Å². The third-order valence-electron chi connectivity index (χ3n) is 2.50. The van der Waals surface area contributed by atoms with E-state index in [2.05, 4.69) is 10.3 Å². The third-order valence-corrected chi connectivity index (χ3v) is 2.50. The van der Waals surface area contributed by atoms with E-state index in [4.69, 9.17) is 15.2 Å². The maximum absolute atomic E-state index is 5.64. The molecule has 2 aromatic rings. The largest absolute Gasteiger partial charge is 0.494 e. The van der Waals surface area contributed by atoms with Crippen molar-refractivity contribution in [3.8, 4) is 11.5 Å². The van der Waals surface area contributed by atoms with Gasteiger partial charge in [-0.1, -0.05) is 11.3 Å². The highest BCUT2D eigenvalue weighted by Gasteiger charge is 2.00. The SMILES string of the molecule is CCOc1cccc(OCCn2cc(CN)nn2)c1. The first-order chi connectivity index (χ1) is 9.31. The molecular weight excluding hydrogens is 244 g/mol. The number of aromatic nitrogens is 3. The first kappa shape index (κ1) is 13.4. The van der Waals surface area contributed by atoms with E-state index < -0.39 is 0 Å². The Hall–Kier alpha value is -2.08. The highest BCUT2D eigenvalue weighted by Crippen LogP contribution is 2.19. The molecule has 0 amide bonds. The quantitative estimate of drug-likeness (QED) is 0.812. The van der Waals surface area contributed by atoms with Crippen LogP contribution in [0.25, 0.3) is 0 Å². The number of hydrogen-bond donors (Lipinski definition) is 1. The Morgan fingerprint density at radius 2 is 2.05 bits per heavy atom. The Morgan fingerprint density at radius 3 is 2.74 bits per heavy atom. The Kier molecular flexibility index (Phi) is 4.74. The Morgan fingerprint density at radius 1 is 1.26 bits per heavy atom. The molecule has 0 saturated heterocycles. The van der Waals surface area contributed by atoms with Gasteiger partial charge in [-0.15, -0.1) is 5.10 Å². The van der Waals surface area contributed by atoms with Gasteiger partial charge in [0.05, 0.1) is 18.8 Å². The fraction of sp³-hybridized carbons (Fsp3) is 0.385. The molecule has 0 saturated carbocycles. The van der Waals surface area contributed by atoms with Gasteiger partial charge in [-0.25, -0.2) is 4.68 Å². The van der Waals surface area contributed by atoms with Crippen LogP contribution in [0, 0.1) is 0 Å². The summed E-state index contributed by atoms with van der Waals surface area (Å²) in [5.41, 5.74) is 6.24. The average Bonchev–Trinajstić information content (AvgIpc) is 2.88. The van der Waals surface area contributed by atoms with Gasteiger partial charge < -0.3 is 15.2 Å². The van der Waals surface area contributed by atoms with Gasteiger partial charge in [0, 0.05) is 18.8 Å². The lowest BCUT2D eigenvalue weighted by molar-refractivity contribution is 0.285. The highest BCUT2D eigenvalue weighted by molar-refractivity contribution is 5.32. The lowest BCUT2D eigenvalue weighted by Gasteiger charge is -2.08. The third kappa shape index (κ3) is 3.96. The predicted molar refractivity (Wildman–Crippen MR) is 71.0 cm³/mol. The van der Waals surface area contributed by atoms with Gasteiger partial charge >= 0.3 is 0 Å². The minimum Gasteiger partial charge on any atom is -0.494 e. The summed E-state index contributed by atoms with van der Waals surface area (Å²) in [7, 11) is 0. The van der Waals surface area contributed by atoms with Crippen LogP contribution in [0.3, 0.4) is 0 Å². The summed E-state index contributed by atoms with van der Waals surface area (Å²) in [6.07, 6.45) is 1.82. The summed E-state index contributed by atoms with van der Waals surface area (Å²) in [6.45, 7) is 4.14. The Balaban J connectivity index is 1.83. The topological polar surface area (TPSA) is 75.2 Å². The van der Waals surface area contributed by atoms with Crippen molar-refractivity contribution in [2.24, 2.45) is 5.73 Å². The van der Waals surface area contributed by atoms with E-state index in [9.17, 15) is 0 Å². The maximum atomic E-state index is 5.64. The molecule has 2 N–H and O–H groups in total. The van der Waals surface area contributed by atoms with E-state index in [-0.39, 0.29) is 0 Å². The molecule has 0 aliphatic heterocycles. The Bertz CT molecular complexity index is 513. The van der Waals surface area contributed by atoms with Crippen molar-refractivity contribution >= 4 is 0 Å². The monoisotopic (exact) mass is 262 g/mol. The summed E-state index contributed by atoms with van der Waals surface area (Å²) in [5.74, 6) is 1.59. The van der Waals surface area contributed by atoms with Crippen molar-refractivity contribution in [3.63, 3.8) is 0 Å². The minimum atomic E-state index is 0.400. The minimum absolute atomic E-state index is 0.400. The van der Waals surface area contributed by atoms with Gasteiger partial charge in [0.25, 0.3) is 0 Å². The van der Waals surface area contributed by atoms with Gasteiger partial charge in [-0.3, -0.25) is 0 Å². The smallest absolute Gasteiger partial charge is 0.123 e. The molecule has 0 aliphatic rings. The van der Waals surface area contributed by atoms with E-state index >= 15 is 0 Å². The first-order valence-electron chi connectivity index (χ1n) is 6.26. The van der Waals surface area contributed by atoms with Crippen molar-refractivity contribution < 1.29 is 9.47 Å². The van der Waals surface area contributed by atoms with Gasteiger partial charge in [0.15, 0.2) is 0 Å². The van der Waals surface area contributed by atoms with Crippen LogP contribution in [-0.4, -0.2) is 28.2 Å². The number of benzene rings is 1. The molecule has 1 aromatic heterocycles. The number of ether oxygens (including phenoxy) is 2. The second kappa shape index (κ2) is 6.75. The number of hydrogen-bond acceptors (Lipinski definition) is 5. The number of nitrogens with two attached hydrogens (primary N) is 1. The highest BCUT2D eigenvalue weighted by atomic mass is 16.5. The van der Waals surface area contributed by atoms with Gasteiger partial charge in [0.2, 0.25) is 0 Å². The van der Waals surface area contributed by atoms with Crippen LogP contribution in [0.1, 0.15) is 12.6 Å². The molecule has 6 nitrogen and oxygen atoms in total. The van der Waals surface area contributed by atoms with E-state index in [0.717, 1.165) is 17.2 Å². The molecule has 1 aromatic carbocycles. The average molecular weight is 262 g/mol. The fourth-order valence-corrected chi connectivity index (χ4v) is 1.62. The molecule has 0 bridgehead atoms. The van der Waals surface area contributed by atoms with Crippen LogP contribution >= 0.6 is 0 Å². The van der Waals surface area contributed by atoms with Crippen LogP contribution < -0.4 is 15.2 Å². The zero-order valence-electron chi connectivity index (χ0n) is 11.0. The summed E-state index contributed by atoms with van der Waals surface area (Å²) in [6, 6.07) is 7.58. The second-order valence-corrected chi connectivity index (χ2v) is 3.93. The lowest BCUT2D eigenvalue weighted by atomic mass is 10.3. The molecule has 2 rings (SSSR count). The van der Waals surface area contributed by atoms with Gasteiger partial charge in [-0.2, -0.15) is 0 Å². The predicted octanol–water partition coefficient (Wildman–Crippen LogP) is 1.21. The number of nitrogens with zero attached hydrogens (tertiary/aromatic N) is 3. The summed E-state index contributed by atoms with van der Waals surface area (Å²) < 4.78 is 12.8. The molecule has 19 heavy (non-hydrogen) atoms. The van der Waals surface area contributed by atoms with Crippen LogP contribution in [0.15, 0.2) is 30.5 Å². The zero-order valence-corrected chi connectivity index (χ0v) is 11.0. The van der Waals surface area contributed by atoms with Crippen LogP contribution in [0.4, 0.5) is 0 Å². The number of rotatable bonds is 7.